The van der Waals surface area contributed by atoms with E-state index in [2.05, 4.69) is 10.3 Å². The topological polar surface area (TPSA) is 42.0 Å². The van der Waals surface area contributed by atoms with Crippen molar-refractivity contribution in [1.29, 1.82) is 0 Å². The normalized spacial score (nSPS) is 11.1. The average molecular weight is 192 g/mol. The number of aryl methyl sites for hydroxylation is 1. The lowest BCUT2D eigenvalue weighted by Crippen LogP contribution is -2.40. The molecule has 0 aromatic carbocycles. The number of nitrogens with zero attached hydrogens (tertiary/aromatic N) is 1. The number of hydrogen-bond acceptors (Lipinski definition) is 2. The van der Waals surface area contributed by atoms with Gasteiger partial charge in [0.25, 0.3) is 5.91 Å². The van der Waals surface area contributed by atoms with E-state index in [1.807, 2.05) is 33.8 Å². The van der Waals surface area contributed by atoms with E-state index >= 15 is 0 Å². The number of amides is 1. The Morgan fingerprint density at radius 3 is 2.57 bits per heavy atom. The van der Waals surface area contributed by atoms with Gasteiger partial charge < -0.3 is 5.32 Å². The molecule has 0 bridgehead atoms. The summed E-state index contributed by atoms with van der Waals surface area (Å²) < 4.78 is 0. The summed E-state index contributed by atoms with van der Waals surface area (Å²) >= 11 is 0. The smallest absolute Gasteiger partial charge is 0.270 e. The first-order valence-electron chi connectivity index (χ1n) is 4.64. The van der Waals surface area contributed by atoms with Gasteiger partial charge in [-0.3, -0.25) is 9.78 Å². The summed E-state index contributed by atoms with van der Waals surface area (Å²) in [5, 5.41) is 2.86. The molecule has 1 amide bonds. The molecule has 3 nitrogen and oxygen atoms in total. The number of rotatable bonds is 1. The molecular formula is C11H16N2O. The summed E-state index contributed by atoms with van der Waals surface area (Å²) in [6.45, 7) is 7.78. The molecule has 0 saturated heterocycles. The third-order valence-electron chi connectivity index (χ3n) is 1.64. The first-order chi connectivity index (χ1) is 6.38. The lowest BCUT2D eigenvalue weighted by molar-refractivity contribution is 0.0914. The second-order valence-electron chi connectivity index (χ2n) is 4.42. The minimum atomic E-state index is -0.220. The molecule has 0 aliphatic carbocycles. The molecule has 0 saturated carbocycles. The van der Waals surface area contributed by atoms with E-state index in [1.54, 1.807) is 12.3 Å². The van der Waals surface area contributed by atoms with Crippen LogP contribution in [0.3, 0.4) is 0 Å². The zero-order valence-corrected chi connectivity index (χ0v) is 9.09. The van der Waals surface area contributed by atoms with Crippen molar-refractivity contribution in [3.63, 3.8) is 0 Å². The minimum absolute atomic E-state index is 0.124. The van der Waals surface area contributed by atoms with Crippen LogP contribution in [0.1, 0.15) is 36.8 Å². The maximum absolute atomic E-state index is 11.6. The fraction of sp³-hybridized carbons (Fsp3) is 0.455. The molecule has 0 aliphatic rings. The first-order valence-corrected chi connectivity index (χ1v) is 4.64. The van der Waals surface area contributed by atoms with Crippen LogP contribution >= 0.6 is 0 Å². The van der Waals surface area contributed by atoms with Crippen LogP contribution in [0, 0.1) is 6.92 Å². The Bertz CT molecular complexity index is 339. The first kappa shape index (κ1) is 10.7. The van der Waals surface area contributed by atoms with Gasteiger partial charge in [0.2, 0.25) is 0 Å². The van der Waals surface area contributed by atoms with Crippen LogP contribution in [0.2, 0.25) is 0 Å². The van der Waals surface area contributed by atoms with Crippen molar-refractivity contribution < 1.29 is 4.79 Å². The van der Waals surface area contributed by atoms with Gasteiger partial charge in [-0.25, -0.2) is 0 Å². The third kappa shape index (κ3) is 3.17. The highest BCUT2D eigenvalue weighted by Crippen LogP contribution is 2.04. The van der Waals surface area contributed by atoms with Crippen molar-refractivity contribution in [2.75, 3.05) is 0 Å². The molecule has 0 unspecified atom stereocenters. The summed E-state index contributed by atoms with van der Waals surface area (Å²) in [4.78, 5) is 15.7. The van der Waals surface area contributed by atoms with E-state index < -0.39 is 0 Å². The molecular weight excluding hydrogens is 176 g/mol. The fourth-order valence-corrected chi connectivity index (χ4v) is 1.06. The monoisotopic (exact) mass is 192 g/mol. The number of pyridine rings is 1. The van der Waals surface area contributed by atoms with E-state index in [9.17, 15) is 4.79 Å². The highest BCUT2D eigenvalue weighted by molar-refractivity contribution is 5.92. The number of carbonyl (C=O) groups is 1. The Labute approximate surface area is 84.6 Å². The Morgan fingerprint density at radius 2 is 2.07 bits per heavy atom. The largest absolute Gasteiger partial charge is 0.346 e. The Hall–Kier alpha value is -1.38. The SMILES string of the molecule is Cc1ccnc(C(=O)NC(C)(C)C)c1. The molecule has 0 atom stereocenters. The summed E-state index contributed by atoms with van der Waals surface area (Å²) in [7, 11) is 0. The fourth-order valence-electron chi connectivity index (χ4n) is 1.06. The molecule has 0 fully saturated rings. The van der Waals surface area contributed by atoms with Gasteiger partial charge in [0, 0.05) is 11.7 Å². The lowest BCUT2D eigenvalue weighted by atomic mass is 10.1. The van der Waals surface area contributed by atoms with E-state index in [0.717, 1.165) is 5.56 Å². The Kier molecular flexibility index (Phi) is 2.89. The van der Waals surface area contributed by atoms with Gasteiger partial charge in [0.1, 0.15) is 5.69 Å². The molecule has 1 aromatic rings. The zero-order chi connectivity index (χ0) is 10.8. The van der Waals surface area contributed by atoms with Gasteiger partial charge in [0.05, 0.1) is 0 Å². The second-order valence-corrected chi connectivity index (χ2v) is 4.42. The van der Waals surface area contributed by atoms with Crippen LogP contribution < -0.4 is 5.32 Å². The molecule has 1 N–H and O–H groups in total. The Balaban J connectivity index is 2.80. The highest BCUT2D eigenvalue weighted by Gasteiger charge is 2.15. The summed E-state index contributed by atoms with van der Waals surface area (Å²) in [6, 6.07) is 3.65. The molecule has 76 valence electrons. The van der Waals surface area contributed by atoms with Gasteiger partial charge >= 0.3 is 0 Å². The lowest BCUT2D eigenvalue weighted by Gasteiger charge is -2.20. The van der Waals surface area contributed by atoms with E-state index in [4.69, 9.17) is 0 Å². The second kappa shape index (κ2) is 3.78. The number of nitrogens with one attached hydrogen (secondary N) is 1. The van der Waals surface area contributed by atoms with Crippen LogP contribution in [0.25, 0.3) is 0 Å². The quantitative estimate of drug-likeness (QED) is 0.738. The van der Waals surface area contributed by atoms with Gasteiger partial charge in [0.15, 0.2) is 0 Å². The predicted molar refractivity (Wildman–Crippen MR) is 56.2 cm³/mol. The standard InChI is InChI=1S/C11H16N2O/c1-8-5-6-12-9(7-8)10(14)13-11(2,3)4/h5-7H,1-4H3,(H,13,14). The van der Waals surface area contributed by atoms with E-state index in [-0.39, 0.29) is 11.4 Å². The van der Waals surface area contributed by atoms with Crippen LogP contribution in [0.15, 0.2) is 18.3 Å². The number of hydrogen-bond donors (Lipinski definition) is 1. The average Bonchev–Trinajstić information content (AvgIpc) is 2.01. The number of aromatic nitrogens is 1. The molecule has 0 aliphatic heterocycles. The molecule has 1 aromatic heterocycles. The van der Waals surface area contributed by atoms with Crippen molar-refractivity contribution in [1.82, 2.24) is 10.3 Å². The summed E-state index contributed by atoms with van der Waals surface area (Å²) in [5.41, 5.74) is 1.29. The van der Waals surface area contributed by atoms with Crippen molar-refractivity contribution >= 4 is 5.91 Å². The van der Waals surface area contributed by atoms with Crippen LogP contribution in [0.5, 0.6) is 0 Å². The zero-order valence-electron chi connectivity index (χ0n) is 9.09. The van der Waals surface area contributed by atoms with Crippen molar-refractivity contribution in [2.45, 2.75) is 33.2 Å². The van der Waals surface area contributed by atoms with Crippen molar-refractivity contribution in [2.24, 2.45) is 0 Å². The predicted octanol–water partition coefficient (Wildman–Crippen LogP) is 1.92. The van der Waals surface area contributed by atoms with Crippen LogP contribution in [-0.4, -0.2) is 16.4 Å². The van der Waals surface area contributed by atoms with E-state index in [1.165, 1.54) is 0 Å². The van der Waals surface area contributed by atoms with Crippen LogP contribution in [0.4, 0.5) is 0 Å². The van der Waals surface area contributed by atoms with Gasteiger partial charge in [-0.15, -0.1) is 0 Å². The highest BCUT2D eigenvalue weighted by atomic mass is 16.2. The summed E-state index contributed by atoms with van der Waals surface area (Å²) in [6.07, 6.45) is 1.65. The Morgan fingerprint density at radius 1 is 1.43 bits per heavy atom. The maximum atomic E-state index is 11.6. The minimum Gasteiger partial charge on any atom is -0.346 e. The van der Waals surface area contributed by atoms with Crippen LogP contribution in [-0.2, 0) is 0 Å². The van der Waals surface area contributed by atoms with E-state index in [0.29, 0.717) is 5.69 Å². The molecule has 0 radical (unpaired) electrons. The summed E-state index contributed by atoms with van der Waals surface area (Å²) in [5.74, 6) is -0.124. The van der Waals surface area contributed by atoms with Gasteiger partial charge in [-0.2, -0.15) is 0 Å². The van der Waals surface area contributed by atoms with Gasteiger partial charge in [-0.1, -0.05) is 0 Å². The molecule has 1 heterocycles. The maximum Gasteiger partial charge on any atom is 0.270 e. The number of carbonyl (C=O) groups excluding carboxylic acids is 1. The molecule has 3 heteroatoms. The molecule has 1 rings (SSSR count). The van der Waals surface area contributed by atoms with Crippen molar-refractivity contribution in [3.05, 3.63) is 29.6 Å². The molecule has 14 heavy (non-hydrogen) atoms. The van der Waals surface area contributed by atoms with Crippen molar-refractivity contribution in [3.8, 4) is 0 Å². The molecule has 0 spiro atoms. The van der Waals surface area contributed by atoms with Gasteiger partial charge in [-0.05, 0) is 45.4 Å². The third-order valence-corrected chi connectivity index (χ3v) is 1.64.